The molecule has 2 N–H and O–H groups in total. The van der Waals surface area contributed by atoms with Crippen molar-refractivity contribution in [2.45, 2.75) is 12.8 Å². The number of aromatic hydroxyl groups is 1. The minimum absolute atomic E-state index is 0.0422. The SMILES string of the molecule is O=C(c1cc(Cl)c(Cl)cc1O)C1CCNCC1. The molecule has 0 radical (unpaired) electrons. The van der Waals surface area contributed by atoms with E-state index in [9.17, 15) is 9.90 Å². The third kappa shape index (κ3) is 2.73. The summed E-state index contributed by atoms with van der Waals surface area (Å²) in [5.41, 5.74) is 0.270. The number of nitrogens with one attached hydrogen (secondary N) is 1. The lowest BCUT2D eigenvalue weighted by Crippen LogP contribution is -2.31. The fourth-order valence-corrected chi connectivity index (χ4v) is 2.36. The molecule has 5 heteroatoms. The molecule has 2 rings (SSSR count). The number of Topliss-reactive ketones (excluding diaryl/α,β-unsaturated/α-hetero) is 1. The molecule has 1 aliphatic rings. The summed E-state index contributed by atoms with van der Waals surface area (Å²) in [6, 6.07) is 2.77. The Bertz CT molecular complexity index is 442. The van der Waals surface area contributed by atoms with E-state index in [1.54, 1.807) is 0 Å². The Kier molecular flexibility index (Phi) is 3.92. The van der Waals surface area contributed by atoms with Crippen molar-refractivity contribution >= 4 is 29.0 Å². The van der Waals surface area contributed by atoms with Crippen LogP contribution >= 0.6 is 23.2 Å². The monoisotopic (exact) mass is 273 g/mol. The van der Waals surface area contributed by atoms with E-state index in [0.717, 1.165) is 25.9 Å². The average molecular weight is 274 g/mol. The van der Waals surface area contributed by atoms with Gasteiger partial charge in [0.15, 0.2) is 5.78 Å². The zero-order valence-electron chi connectivity index (χ0n) is 9.17. The molecule has 0 aliphatic carbocycles. The van der Waals surface area contributed by atoms with Gasteiger partial charge in [-0.3, -0.25) is 4.79 Å². The summed E-state index contributed by atoms with van der Waals surface area (Å²) in [7, 11) is 0. The predicted octanol–water partition coefficient (Wildman–Crippen LogP) is 2.88. The number of carbonyl (C=O) groups is 1. The Morgan fingerprint density at radius 1 is 1.24 bits per heavy atom. The van der Waals surface area contributed by atoms with E-state index in [1.165, 1.54) is 12.1 Å². The van der Waals surface area contributed by atoms with Crippen molar-refractivity contribution in [1.29, 1.82) is 0 Å². The van der Waals surface area contributed by atoms with Gasteiger partial charge in [-0.1, -0.05) is 23.2 Å². The first-order valence-corrected chi connectivity index (χ1v) is 6.28. The van der Waals surface area contributed by atoms with Gasteiger partial charge in [0.1, 0.15) is 5.75 Å². The van der Waals surface area contributed by atoms with E-state index >= 15 is 0 Å². The van der Waals surface area contributed by atoms with Crippen LogP contribution in [-0.4, -0.2) is 24.0 Å². The van der Waals surface area contributed by atoms with Gasteiger partial charge in [0.25, 0.3) is 0 Å². The van der Waals surface area contributed by atoms with Gasteiger partial charge in [-0.2, -0.15) is 0 Å². The summed E-state index contributed by atoms with van der Waals surface area (Å²) < 4.78 is 0. The van der Waals surface area contributed by atoms with Crippen LogP contribution in [0.1, 0.15) is 23.2 Å². The first kappa shape index (κ1) is 12.7. The van der Waals surface area contributed by atoms with E-state index < -0.39 is 0 Å². The van der Waals surface area contributed by atoms with Crippen LogP contribution in [0.25, 0.3) is 0 Å². The molecule has 0 spiro atoms. The zero-order chi connectivity index (χ0) is 12.4. The van der Waals surface area contributed by atoms with Crippen LogP contribution in [0, 0.1) is 5.92 Å². The Morgan fingerprint density at radius 2 is 1.82 bits per heavy atom. The van der Waals surface area contributed by atoms with Crippen molar-refractivity contribution in [3.05, 3.63) is 27.7 Å². The van der Waals surface area contributed by atoms with E-state index in [1.807, 2.05) is 0 Å². The summed E-state index contributed by atoms with van der Waals surface area (Å²) in [5, 5.41) is 13.5. The molecule has 3 nitrogen and oxygen atoms in total. The number of carbonyl (C=O) groups excluding carboxylic acids is 1. The first-order chi connectivity index (χ1) is 8.09. The molecule has 0 atom stereocenters. The third-order valence-corrected chi connectivity index (χ3v) is 3.74. The number of hydrogen-bond donors (Lipinski definition) is 2. The normalized spacial score (nSPS) is 17.1. The predicted molar refractivity (Wildman–Crippen MR) is 68.1 cm³/mol. The second kappa shape index (κ2) is 5.25. The molecule has 0 aromatic heterocycles. The van der Waals surface area contributed by atoms with Crippen LogP contribution in [0.2, 0.25) is 10.0 Å². The molecule has 17 heavy (non-hydrogen) atoms. The standard InChI is InChI=1S/C12H13Cl2NO2/c13-9-5-8(11(16)6-10(9)14)12(17)7-1-3-15-4-2-7/h5-7,15-16H,1-4H2. The highest BCUT2D eigenvalue weighted by molar-refractivity contribution is 6.42. The molecule has 0 unspecified atom stereocenters. The second-order valence-electron chi connectivity index (χ2n) is 4.17. The molecule has 1 saturated heterocycles. The molecular formula is C12H13Cl2NO2. The molecule has 0 bridgehead atoms. The average Bonchev–Trinajstić information content (AvgIpc) is 2.34. The number of piperidine rings is 1. The van der Waals surface area contributed by atoms with E-state index in [2.05, 4.69) is 5.32 Å². The minimum atomic E-state index is -0.0945. The second-order valence-corrected chi connectivity index (χ2v) is 4.99. The van der Waals surface area contributed by atoms with Crippen molar-refractivity contribution in [1.82, 2.24) is 5.32 Å². The number of phenols is 1. The van der Waals surface area contributed by atoms with Crippen molar-refractivity contribution < 1.29 is 9.90 Å². The molecular weight excluding hydrogens is 261 g/mol. The van der Waals surface area contributed by atoms with E-state index in [-0.39, 0.29) is 28.0 Å². The van der Waals surface area contributed by atoms with E-state index in [4.69, 9.17) is 23.2 Å². The van der Waals surface area contributed by atoms with Crippen LogP contribution in [0.3, 0.4) is 0 Å². The number of rotatable bonds is 2. The third-order valence-electron chi connectivity index (χ3n) is 3.01. The molecule has 1 aromatic rings. The van der Waals surface area contributed by atoms with Crippen LogP contribution in [-0.2, 0) is 0 Å². The maximum Gasteiger partial charge on any atom is 0.169 e. The summed E-state index contributed by atoms with van der Waals surface area (Å²) in [5.74, 6) is -0.190. The molecule has 92 valence electrons. The van der Waals surface area contributed by atoms with Crippen molar-refractivity contribution in [3.63, 3.8) is 0 Å². The fraction of sp³-hybridized carbons (Fsp3) is 0.417. The first-order valence-electron chi connectivity index (χ1n) is 5.52. The van der Waals surface area contributed by atoms with Gasteiger partial charge in [-0.25, -0.2) is 0 Å². The number of phenolic OH excluding ortho intramolecular Hbond substituents is 1. The number of hydrogen-bond acceptors (Lipinski definition) is 3. The van der Waals surface area contributed by atoms with Crippen molar-refractivity contribution in [2.75, 3.05) is 13.1 Å². The lowest BCUT2D eigenvalue weighted by Gasteiger charge is -2.21. The smallest absolute Gasteiger partial charge is 0.169 e. The summed E-state index contributed by atoms with van der Waals surface area (Å²) in [4.78, 5) is 12.2. The topological polar surface area (TPSA) is 49.3 Å². The van der Waals surface area contributed by atoms with E-state index in [0.29, 0.717) is 5.02 Å². The summed E-state index contributed by atoms with van der Waals surface area (Å²) >= 11 is 11.6. The largest absolute Gasteiger partial charge is 0.507 e. The highest BCUT2D eigenvalue weighted by Crippen LogP contribution is 2.32. The van der Waals surface area contributed by atoms with Gasteiger partial charge >= 0.3 is 0 Å². The number of halogens is 2. The number of benzene rings is 1. The Labute approximate surface area is 110 Å². The number of ketones is 1. The van der Waals surface area contributed by atoms with Gasteiger partial charge < -0.3 is 10.4 Å². The molecule has 1 aromatic carbocycles. The maximum atomic E-state index is 12.2. The van der Waals surface area contributed by atoms with Crippen molar-refractivity contribution in [3.8, 4) is 5.75 Å². The Balaban J connectivity index is 2.26. The van der Waals surface area contributed by atoms with Crippen LogP contribution in [0.5, 0.6) is 5.75 Å². The van der Waals surface area contributed by atoms with Gasteiger partial charge in [0.05, 0.1) is 15.6 Å². The van der Waals surface area contributed by atoms with Gasteiger partial charge in [-0.05, 0) is 32.0 Å². The molecule has 1 heterocycles. The lowest BCUT2D eigenvalue weighted by molar-refractivity contribution is 0.0892. The minimum Gasteiger partial charge on any atom is -0.507 e. The van der Waals surface area contributed by atoms with Crippen LogP contribution < -0.4 is 5.32 Å². The maximum absolute atomic E-state index is 12.2. The van der Waals surface area contributed by atoms with Gasteiger partial charge in [0, 0.05) is 12.0 Å². The van der Waals surface area contributed by atoms with Crippen molar-refractivity contribution in [2.24, 2.45) is 5.92 Å². The van der Waals surface area contributed by atoms with Crippen LogP contribution in [0.15, 0.2) is 12.1 Å². The highest BCUT2D eigenvalue weighted by atomic mass is 35.5. The van der Waals surface area contributed by atoms with Gasteiger partial charge in [0.2, 0.25) is 0 Å². The van der Waals surface area contributed by atoms with Crippen LogP contribution in [0.4, 0.5) is 0 Å². The quantitative estimate of drug-likeness (QED) is 0.815. The highest BCUT2D eigenvalue weighted by Gasteiger charge is 2.24. The Hall–Kier alpha value is -0.770. The molecule has 1 fully saturated rings. The Morgan fingerprint density at radius 3 is 2.47 bits per heavy atom. The lowest BCUT2D eigenvalue weighted by atomic mass is 9.89. The molecule has 0 saturated carbocycles. The zero-order valence-corrected chi connectivity index (χ0v) is 10.7. The van der Waals surface area contributed by atoms with Gasteiger partial charge in [-0.15, -0.1) is 0 Å². The fourth-order valence-electron chi connectivity index (χ4n) is 2.04. The molecule has 1 aliphatic heterocycles. The summed E-state index contributed by atoms with van der Waals surface area (Å²) in [6.07, 6.45) is 1.58. The summed E-state index contributed by atoms with van der Waals surface area (Å²) in [6.45, 7) is 1.66. The molecule has 0 amide bonds.